The van der Waals surface area contributed by atoms with Gasteiger partial charge in [-0.05, 0) is 53.7 Å². The minimum Gasteiger partial charge on any atom is -0.341 e. The van der Waals surface area contributed by atoms with Crippen LogP contribution in [0.2, 0.25) is 0 Å². The molecule has 1 heterocycles. The van der Waals surface area contributed by atoms with Crippen molar-refractivity contribution in [3.63, 3.8) is 0 Å². The Hall–Kier alpha value is -2.73. The number of H-pyrrole nitrogens is 1. The summed E-state index contributed by atoms with van der Waals surface area (Å²) in [7, 11) is 1.86. The van der Waals surface area contributed by atoms with Crippen molar-refractivity contribution in [1.82, 2.24) is 14.5 Å². The monoisotopic (exact) mass is 451 g/mol. The second-order valence-electron chi connectivity index (χ2n) is 9.44. The summed E-state index contributed by atoms with van der Waals surface area (Å²) in [5, 5.41) is 0.647. The third-order valence-electron chi connectivity index (χ3n) is 5.83. The number of benzene rings is 2. The molecule has 0 aliphatic rings. The number of aromatic amines is 1. The zero-order valence-electron chi connectivity index (χ0n) is 19.5. The van der Waals surface area contributed by atoms with Crippen molar-refractivity contribution < 1.29 is 4.79 Å². The lowest BCUT2D eigenvalue weighted by Gasteiger charge is -2.21. The average molecular weight is 452 g/mol. The number of carbonyl (C=O) groups excluding carboxylic acids is 1. The molecule has 0 unspecified atom stereocenters. The molecule has 0 atom stereocenters. The molecular formula is C26H33N3O2S. The van der Waals surface area contributed by atoms with E-state index in [1.807, 2.05) is 31.3 Å². The lowest BCUT2D eigenvalue weighted by atomic mass is 9.87. The van der Waals surface area contributed by atoms with Gasteiger partial charge in [0.15, 0.2) is 4.77 Å². The first kappa shape index (κ1) is 23.9. The molecule has 5 nitrogen and oxygen atoms in total. The fourth-order valence-electron chi connectivity index (χ4n) is 3.79. The lowest BCUT2D eigenvalue weighted by molar-refractivity contribution is -0.130. The fraction of sp³-hybridized carbons (Fsp3) is 0.423. The molecule has 1 N–H and O–H groups in total. The molecule has 0 radical (unpaired) electrons. The van der Waals surface area contributed by atoms with Crippen molar-refractivity contribution in [2.75, 3.05) is 7.05 Å². The van der Waals surface area contributed by atoms with Gasteiger partial charge < -0.3 is 9.88 Å². The van der Waals surface area contributed by atoms with Gasteiger partial charge in [0.25, 0.3) is 5.56 Å². The summed E-state index contributed by atoms with van der Waals surface area (Å²) in [6.45, 7) is 7.76. The molecule has 6 heteroatoms. The molecule has 32 heavy (non-hydrogen) atoms. The zero-order chi connectivity index (χ0) is 23.3. The third kappa shape index (κ3) is 5.94. The number of amides is 1. The Morgan fingerprint density at radius 3 is 2.41 bits per heavy atom. The van der Waals surface area contributed by atoms with Crippen LogP contribution < -0.4 is 5.56 Å². The van der Waals surface area contributed by atoms with E-state index in [1.165, 1.54) is 5.56 Å². The van der Waals surface area contributed by atoms with E-state index in [0.29, 0.717) is 29.7 Å². The number of nitrogens with one attached hydrogen (secondary N) is 1. The minimum absolute atomic E-state index is 0.0577. The lowest BCUT2D eigenvalue weighted by Crippen LogP contribution is -2.26. The highest BCUT2D eigenvalue weighted by Crippen LogP contribution is 2.22. The van der Waals surface area contributed by atoms with Gasteiger partial charge in [-0.2, -0.15) is 0 Å². The van der Waals surface area contributed by atoms with Crippen LogP contribution in [0, 0.1) is 4.77 Å². The minimum atomic E-state index is -0.0577. The van der Waals surface area contributed by atoms with E-state index in [-0.39, 0.29) is 16.9 Å². The molecular weight excluding hydrogens is 418 g/mol. The summed E-state index contributed by atoms with van der Waals surface area (Å²) in [5.74, 6) is 0.144. The fourth-order valence-corrected chi connectivity index (χ4v) is 4.07. The van der Waals surface area contributed by atoms with Crippen molar-refractivity contribution in [2.45, 2.75) is 65.0 Å². The molecule has 0 saturated heterocycles. The first-order valence-electron chi connectivity index (χ1n) is 11.2. The summed E-state index contributed by atoms with van der Waals surface area (Å²) in [6, 6.07) is 15.9. The van der Waals surface area contributed by atoms with Crippen molar-refractivity contribution in [3.8, 4) is 0 Å². The molecule has 0 aliphatic carbocycles. The molecule has 0 bridgehead atoms. The van der Waals surface area contributed by atoms with E-state index in [0.717, 1.165) is 30.3 Å². The number of fused-ring (bicyclic) bond motifs is 1. The summed E-state index contributed by atoms with van der Waals surface area (Å²) in [6.07, 6.45) is 2.98. The van der Waals surface area contributed by atoms with Gasteiger partial charge in [-0.15, -0.1) is 0 Å². The maximum atomic E-state index is 12.7. The highest BCUT2D eigenvalue weighted by molar-refractivity contribution is 7.71. The van der Waals surface area contributed by atoms with Crippen LogP contribution in [0.1, 0.15) is 57.6 Å². The van der Waals surface area contributed by atoms with Gasteiger partial charge >= 0.3 is 0 Å². The van der Waals surface area contributed by atoms with Gasteiger partial charge in [-0.25, -0.2) is 0 Å². The highest BCUT2D eigenvalue weighted by atomic mass is 32.1. The molecule has 0 spiro atoms. The normalized spacial score (nSPS) is 11.6. The van der Waals surface area contributed by atoms with E-state index in [9.17, 15) is 9.59 Å². The molecule has 3 rings (SSSR count). The highest BCUT2D eigenvalue weighted by Gasteiger charge is 2.14. The Bertz CT molecular complexity index is 1190. The molecule has 3 aromatic rings. The summed E-state index contributed by atoms with van der Waals surface area (Å²) < 4.78 is 2.06. The summed E-state index contributed by atoms with van der Waals surface area (Å²) >= 11 is 5.36. The van der Waals surface area contributed by atoms with Crippen LogP contribution in [0.25, 0.3) is 10.9 Å². The number of hydrogen-bond acceptors (Lipinski definition) is 3. The van der Waals surface area contributed by atoms with E-state index in [4.69, 9.17) is 12.2 Å². The standard InChI is InChI=1S/C26H33N3O2S/c1-26(2,3)20-15-13-19(14-16-20)18-28(4)23(30)12-6-5-9-17-29-24(31)21-10-7-8-11-22(21)27-25(29)32/h7-8,10-11,13-16H,5-6,9,12,17-18H2,1-4H3,(H,27,32). The van der Waals surface area contributed by atoms with Crippen LogP contribution in [0.5, 0.6) is 0 Å². The van der Waals surface area contributed by atoms with E-state index in [1.54, 1.807) is 9.47 Å². The van der Waals surface area contributed by atoms with Gasteiger partial charge in [0.1, 0.15) is 0 Å². The maximum absolute atomic E-state index is 12.7. The van der Waals surface area contributed by atoms with Crippen LogP contribution >= 0.6 is 12.2 Å². The predicted molar refractivity (Wildman–Crippen MR) is 133 cm³/mol. The van der Waals surface area contributed by atoms with Gasteiger partial charge in [-0.1, -0.05) is 63.6 Å². The molecule has 0 fully saturated rings. The number of rotatable bonds is 8. The molecule has 0 aliphatic heterocycles. The van der Waals surface area contributed by atoms with Gasteiger partial charge in [0, 0.05) is 26.6 Å². The Morgan fingerprint density at radius 1 is 1.03 bits per heavy atom. The molecule has 170 valence electrons. The number of carbonyl (C=O) groups is 1. The Morgan fingerprint density at radius 2 is 1.72 bits per heavy atom. The summed E-state index contributed by atoms with van der Waals surface area (Å²) in [5.41, 5.74) is 3.26. The van der Waals surface area contributed by atoms with E-state index in [2.05, 4.69) is 50.0 Å². The number of para-hydroxylation sites is 1. The van der Waals surface area contributed by atoms with Gasteiger partial charge in [-0.3, -0.25) is 14.2 Å². The van der Waals surface area contributed by atoms with Gasteiger partial charge in [0.05, 0.1) is 10.9 Å². The second kappa shape index (κ2) is 10.3. The first-order chi connectivity index (χ1) is 15.2. The number of unbranched alkanes of at least 4 members (excludes halogenated alkanes) is 2. The van der Waals surface area contributed by atoms with Crippen molar-refractivity contribution in [1.29, 1.82) is 0 Å². The Balaban J connectivity index is 1.46. The number of nitrogens with zero attached hydrogens (tertiary/aromatic N) is 2. The zero-order valence-corrected chi connectivity index (χ0v) is 20.3. The molecule has 0 saturated carbocycles. The first-order valence-corrected chi connectivity index (χ1v) is 11.6. The quantitative estimate of drug-likeness (QED) is 0.359. The molecule has 2 aromatic carbocycles. The Labute approximate surface area is 195 Å². The van der Waals surface area contributed by atoms with E-state index < -0.39 is 0 Å². The maximum Gasteiger partial charge on any atom is 0.262 e. The predicted octanol–water partition coefficient (Wildman–Crippen LogP) is 5.58. The molecule has 1 amide bonds. The van der Waals surface area contributed by atoms with Crippen LogP contribution in [0.4, 0.5) is 0 Å². The summed E-state index contributed by atoms with van der Waals surface area (Å²) in [4.78, 5) is 30.1. The Kier molecular flexibility index (Phi) is 7.67. The van der Waals surface area contributed by atoms with Crippen LogP contribution in [-0.2, 0) is 23.3 Å². The van der Waals surface area contributed by atoms with Crippen molar-refractivity contribution in [2.24, 2.45) is 0 Å². The van der Waals surface area contributed by atoms with Gasteiger partial charge in [0.2, 0.25) is 5.91 Å². The third-order valence-corrected chi connectivity index (χ3v) is 6.15. The SMILES string of the molecule is CN(Cc1ccc(C(C)(C)C)cc1)C(=O)CCCCCn1c(=S)[nH]c2ccccc2c1=O. The van der Waals surface area contributed by atoms with Crippen LogP contribution in [0.3, 0.4) is 0 Å². The second-order valence-corrected chi connectivity index (χ2v) is 9.83. The van der Waals surface area contributed by atoms with Crippen molar-refractivity contribution >= 4 is 29.0 Å². The number of aromatic nitrogens is 2. The molecule has 1 aromatic heterocycles. The topological polar surface area (TPSA) is 58.1 Å². The van der Waals surface area contributed by atoms with Crippen LogP contribution in [-0.4, -0.2) is 27.4 Å². The number of hydrogen-bond donors (Lipinski definition) is 1. The average Bonchev–Trinajstić information content (AvgIpc) is 2.75. The largest absolute Gasteiger partial charge is 0.341 e. The van der Waals surface area contributed by atoms with E-state index >= 15 is 0 Å². The van der Waals surface area contributed by atoms with Crippen LogP contribution in [0.15, 0.2) is 53.3 Å². The smallest absolute Gasteiger partial charge is 0.262 e. The van der Waals surface area contributed by atoms with Crippen molar-refractivity contribution in [3.05, 3.63) is 74.8 Å².